The lowest BCUT2D eigenvalue weighted by molar-refractivity contribution is 0.0679. The maximum atomic E-state index is 12.4. The van der Waals surface area contributed by atoms with Crippen LogP contribution < -0.4 is 10.1 Å². The number of Topliss-reactive ketones (excluding diaryl/α,β-unsaturated/α-hetero) is 1. The third kappa shape index (κ3) is 4.45. The van der Waals surface area contributed by atoms with Crippen LogP contribution in [-0.2, 0) is 4.74 Å². The van der Waals surface area contributed by atoms with Crippen molar-refractivity contribution in [3.8, 4) is 5.75 Å². The van der Waals surface area contributed by atoms with Gasteiger partial charge in [-0.05, 0) is 56.2 Å². The van der Waals surface area contributed by atoms with Crippen LogP contribution in [-0.4, -0.2) is 31.0 Å². The largest absolute Gasteiger partial charge is 0.491 e. The van der Waals surface area contributed by atoms with E-state index in [0.29, 0.717) is 29.2 Å². The second-order valence-corrected chi connectivity index (χ2v) is 6.03. The monoisotopic (exact) mass is 339 g/mol. The van der Waals surface area contributed by atoms with Crippen LogP contribution in [0, 0.1) is 0 Å². The summed E-state index contributed by atoms with van der Waals surface area (Å²) in [4.78, 5) is 24.0. The molecular formula is C20H21NO4. The average Bonchev–Trinajstić information content (AvgIpc) is 3.14. The van der Waals surface area contributed by atoms with Gasteiger partial charge in [-0.2, -0.15) is 0 Å². The normalized spacial score (nSPS) is 16.4. The van der Waals surface area contributed by atoms with Gasteiger partial charge in [-0.1, -0.05) is 12.1 Å². The van der Waals surface area contributed by atoms with Crippen LogP contribution in [0.3, 0.4) is 0 Å². The van der Waals surface area contributed by atoms with Crippen molar-refractivity contribution in [1.82, 2.24) is 0 Å². The molecule has 2 aromatic rings. The van der Waals surface area contributed by atoms with Gasteiger partial charge in [-0.3, -0.25) is 9.59 Å². The molecule has 2 aromatic carbocycles. The van der Waals surface area contributed by atoms with E-state index in [4.69, 9.17) is 9.47 Å². The summed E-state index contributed by atoms with van der Waals surface area (Å²) in [5.74, 6) is 0.351. The Morgan fingerprint density at radius 2 is 1.92 bits per heavy atom. The lowest BCUT2D eigenvalue weighted by Gasteiger charge is -2.12. The van der Waals surface area contributed by atoms with Crippen molar-refractivity contribution < 1.29 is 19.1 Å². The molecule has 1 saturated heterocycles. The Labute approximate surface area is 147 Å². The van der Waals surface area contributed by atoms with Crippen LogP contribution in [0.4, 0.5) is 5.69 Å². The Morgan fingerprint density at radius 3 is 2.60 bits per heavy atom. The molecule has 130 valence electrons. The first-order valence-corrected chi connectivity index (χ1v) is 8.39. The lowest BCUT2D eigenvalue weighted by Crippen LogP contribution is -2.16. The molecule has 0 aliphatic carbocycles. The predicted octanol–water partition coefficient (Wildman–Crippen LogP) is 3.70. The molecule has 5 nitrogen and oxygen atoms in total. The molecule has 1 fully saturated rings. The summed E-state index contributed by atoms with van der Waals surface area (Å²) in [6.45, 7) is 2.80. The van der Waals surface area contributed by atoms with E-state index >= 15 is 0 Å². The standard InChI is InChI=1S/C20H21NO4/c1-14(22)18-6-2-3-7-19(18)21-20(23)15-8-10-16(11-9-15)25-13-17-5-4-12-24-17/h2-3,6-11,17H,4-5,12-13H2,1H3,(H,21,23). The number of ether oxygens (including phenoxy) is 2. The fraction of sp³-hybridized carbons (Fsp3) is 0.300. The Kier molecular flexibility index (Phi) is 5.46. The van der Waals surface area contributed by atoms with Crippen molar-refractivity contribution in [3.63, 3.8) is 0 Å². The van der Waals surface area contributed by atoms with E-state index in [2.05, 4.69) is 5.32 Å². The molecule has 0 aromatic heterocycles. The third-order valence-electron chi connectivity index (χ3n) is 4.13. The summed E-state index contributed by atoms with van der Waals surface area (Å²) in [5.41, 5.74) is 1.51. The Bertz CT molecular complexity index is 749. The summed E-state index contributed by atoms with van der Waals surface area (Å²) in [6, 6.07) is 13.9. The van der Waals surface area contributed by atoms with Gasteiger partial charge in [0, 0.05) is 17.7 Å². The maximum absolute atomic E-state index is 12.4. The lowest BCUT2D eigenvalue weighted by atomic mass is 10.1. The van der Waals surface area contributed by atoms with Crippen LogP contribution in [0.5, 0.6) is 5.75 Å². The average molecular weight is 339 g/mol. The molecule has 25 heavy (non-hydrogen) atoms. The van der Waals surface area contributed by atoms with Gasteiger partial charge in [0.25, 0.3) is 5.91 Å². The number of benzene rings is 2. The number of carbonyl (C=O) groups is 2. The molecule has 1 N–H and O–H groups in total. The number of anilines is 1. The summed E-state index contributed by atoms with van der Waals surface area (Å²) >= 11 is 0. The smallest absolute Gasteiger partial charge is 0.255 e. The fourth-order valence-corrected chi connectivity index (χ4v) is 2.76. The van der Waals surface area contributed by atoms with E-state index in [-0.39, 0.29) is 17.8 Å². The second-order valence-electron chi connectivity index (χ2n) is 6.03. The van der Waals surface area contributed by atoms with Crippen molar-refractivity contribution in [2.24, 2.45) is 0 Å². The minimum atomic E-state index is -0.264. The van der Waals surface area contributed by atoms with Gasteiger partial charge >= 0.3 is 0 Å². The first kappa shape index (κ1) is 17.2. The molecule has 0 saturated carbocycles. The van der Waals surface area contributed by atoms with Gasteiger partial charge in [0.05, 0.1) is 11.8 Å². The molecule has 1 unspecified atom stereocenters. The number of para-hydroxylation sites is 1. The van der Waals surface area contributed by atoms with Gasteiger partial charge in [-0.15, -0.1) is 0 Å². The molecular weight excluding hydrogens is 318 g/mol. The van der Waals surface area contributed by atoms with Crippen molar-refractivity contribution in [2.75, 3.05) is 18.5 Å². The van der Waals surface area contributed by atoms with Crippen LogP contribution in [0.25, 0.3) is 0 Å². The number of hydrogen-bond donors (Lipinski definition) is 1. The first-order valence-electron chi connectivity index (χ1n) is 8.39. The second kappa shape index (κ2) is 7.94. The maximum Gasteiger partial charge on any atom is 0.255 e. The zero-order valence-corrected chi connectivity index (χ0v) is 14.2. The zero-order valence-electron chi connectivity index (χ0n) is 14.2. The molecule has 0 radical (unpaired) electrons. The van der Waals surface area contributed by atoms with E-state index in [0.717, 1.165) is 19.4 Å². The number of hydrogen-bond acceptors (Lipinski definition) is 4. The van der Waals surface area contributed by atoms with E-state index < -0.39 is 0 Å². The highest BCUT2D eigenvalue weighted by molar-refractivity contribution is 6.09. The molecule has 1 amide bonds. The zero-order chi connectivity index (χ0) is 17.6. The molecule has 1 atom stereocenters. The first-order chi connectivity index (χ1) is 12.1. The summed E-state index contributed by atoms with van der Waals surface area (Å²) < 4.78 is 11.2. The Balaban J connectivity index is 1.62. The van der Waals surface area contributed by atoms with E-state index in [1.165, 1.54) is 6.92 Å². The van der Waals surface area contributed by atoms with Gasteiger partial charge in [-0.25, -0.2) is 0 Å². The number of rotatable bonds is 6. The minimum Gasteiger partial charge on any atom is -0.491 e. The molecule has 1 aliphatic rings. The van der Waals surface area contributed by atoms with Crippen molar-refractivity contribution in [1.29, 1.82) is 0 Å². The van der Waals surface area contributed by atoms with Crippen molar-refractivity contribution in [3.05, 3.63) is 59.7 Å². The molecule has 1 heterocycles. The van der Waals surface area contributed by atoms with E-state index in [1.54, 1.807) is 48.5 Å². The van der Waals surface area contributed by atoms with E-state index in [9.17, 15) is 9.59 Å². The van der Waals surface area contributed by atoms with Gasteiger partial charge in [0.15, 0.2) is 5.78 Å². The predicted molar refractivity (Wildman–Crippen MR) is 95.3 cm³/mol. The highest BCUT2D eigenvalue weighted by Gasteiger charge is 2.16. The van der Waals surface area contributed by atoms with Crippen LogP contribution in [0.1, 0.15) is 40.5 Å². The molecule has 5 heteroatoms. The van der Waals surface area contributed by atoms with Gasteiger partial charge in [0.1, 0.15) is 12.4 Å². The van der Waals surface area contributed by atoms with Crippen molar-refractivity contribution in [2.45, 2.75) is 25.9 Å². The molecule has 3 rings (SSSR count). The van der Waals surface area contributed by atoms with Crippen molar-refractivity contribution >= 4 is 17.4 Å². The Hall–Kier alpha value is -2.66. The quantitative estimate of drug-likeness (QED) is 0.815. The number of nitrogens with one attached hydrogen (secondary N) is 1. The third-order valence-corrected chi connectivity index (χ3v) is 4.13. The topological polar surface area (TPSA) is 64.6 Å². The highest BCUT2D eigenvalue weighted by atomic mass is 16.5. The SMILES string of the molecule is CC(=O)c1ccccc1NC(=O)c1ccc(OCC2CCCO2)cc1. The Morgan fingerprint density at radius 1 is 1.16 bits per heavy atom. The van der Waals surface area contributed by atoms with Gasteiger partial charge in [0.2, 0.25) is 0 Å². The molecule has 0 spiro atoms. The number of amides is 1. The number of ketones is 1. The highest BCUT2D eigenvalue weighted by Crippen LogP contribution is 2.19. The van der Waals surface area contributed by atoms with Crippen LogP contribution in [0.15, 0.2) is 48.5 Å². The minimum absolute atomic E-state index is 0.0891. The fourth-order valence-electron chi connectivity index (χ4n) is 2.76. The summed E-state index contributed by atoms with van der Waals surface area (Å²) in [6.07, 6.45) is 2.26. The van der Waals surface area contributed by atoms with Crippen LogP contribution in [0.2, 0.25) is 0 Å². The number of carbonyl (C=O) groups excluding carboxylic acids is 2. The van der Waals surface area contributed by atoms with Gasteiger partial charge < -0.3 is 14.8 Å². The molecule has 1 aliphatic heterocycles. The summed E-state index contributed by atoms with van der Waals surface area (Å²) in [7, 11) is 0. The van der Waals surface area contributed by atoms with E-state index in [1.807, 2.05) is 0 Å². The molecule has 0 bridgehead atoms. The summed E-state index contributed by atoms with van der Waals surface area (Å²) in [5, 5.41) is 2.78. The van der Waals surface area contributed by atoms with Crippen LogP contribution >= 0.6 is 0 Å².